The average Bonchev–Trinajstić information content (AvgIpc) is 2.85. The van der Waals surface area contributed by atoms with Crippen LogP contribution in [0.1, 0.15) is 32.6 Å². The molecule has 1 atom stereocenters. The zero-order valence-corrected chi connectivity index (χ0v) is 18.5. The molecule has 2 aromatic rings. The van der Waals surface area contributed by atoms with Gasteiger partial charge in [0.05, 0.1) is 25.4 Å². The number of ether oxygens (including phenoxy) is 5. The zero-order valence-electron chi connectivity index (χ0n) is 18.5. The van der Waals surface area contributed by atoms with E-state index in [2.05, 4.69) is 17.2 Å². The first-order valence-electron chi connectivity index (χ1n) is 11.6. The quantitative estimate of drug-likeness (QED) is 0.727. The lowest BCUT2D eigenvalue weighted by Gasteiger charge is -2.27. The third-order valence-corrected chi connectivity index (χ3v) is 6.25. The normalized spacial score (nSPS) is 25.2. The van der Waals surface area contributed by atoms with Gasteiger partial charge in [-0.2, -0.15) is 4.98 Å². The lowest BCUT2D eigenvalue weighted by Crippen LogP contribution is -2.33. The van der Waals surface area contributed by atoms with E-state index < -0.39 is 0 Å². The summed E-state index contributed by atoms with van der Waals surface area (Å²) in [5, 5.41) is 3.51. The highest BCUT2D eigenvalue weighted by Gasteiger charge is 2.22. The molecule has 1 saturated carbocycles. The second kappa shape index (κ2) is 9.92. The number of fused-ring (bicyclic) bond motifs is 1. The zero-order chi connectivity index (χ0) is 21.8. The van der Waals surface area contributed by atoms with Crippen molar-refractivity contribution in [2.45, 2.75) is 44.8 Å². The standard InChI is InChI=1S/C24H31N3O5/c1-16-2-5-18(6-3-16)26-24-25-13-20(17-4-7-21-22(12-17)31-11-10-30-21)23(27-24)32-15-19-14-28-8-9-29-19/h4,7,12-13,16,18-19H,2-3,5-6,8-11,14-15H2,1H3,(H,25,26,27)/t16-,18-,19-/m1/s1. The van der Waals surface area contributed by atoms with E-state index in [9.17, 15) is 0 Å². The van der Waals surface area contributed by atoms with Gasteiger partial charge in [-0.3, -0.25) is 0 Å². The van der Waals surface area contributed by atoms with Gasteiger partial charge in [0.15, 0.2) is 11.5 Å². The Morgan fingerprint density at radius 1 is 1.03 bits per heavy atom. The molecular formula is C24H31N3O5. The Morgan fingerprint density at radius 3 is 2.69 bits per heavy atom. The summed E-state index contributed by atoms with van der Waals surface area (Å²) in [5.41, 5.74) is 1.73. The van der Waals surface area contributed by atoms with Gasteiger partial charge in [0.25, 0.3) is 0 Å². The maximum atomic E-state index is 6.15. The Bertz CT molecular complexity index is 911. The van der Waals surface area contributed by atoms with Crippen LogP contribution in [0.5, 0.6) is 17.4 Å². The lowest BCUT2D eigenvalue weighted by molar-refractivity contribution is -0.101. The van der Waals surface area contributed by atoms with Crippen molar-refractivity contribution in [3.05, 3.63) is 24.4 Å². The van der Waals surface area contributed by atoms with E-state index in [0.29, 0.717) is 57.5 Å². The van der Waals surface area contributed by atoms with Crippen molar-refractivity contribution in [1.29, 1.82) is 0 Å². The Kier molecular flexibility index (Phi) is 6.59. The molecule has 1 aliphatic carbocycles. The highest BCUT2D eigenvalue weighted by atomic mass is 16.6. The molecule has 0 radical (unpaired) electrons. The fourth-order valence-electron chi connectivity index (χ4n) is 4.35. The van der Waals surface area contributed by atoms with Crippen LogP contribution in [-0.4, -0.2) is 61.8 Å². The van der Waals surface area contributed by atoms with Crippen molar-refractivity contribution in [2.75, 3.05) is 45.0 Å². The van der Waals surface area contributed by atoms with Crippen LogP contribution in [0.2, 0.25) is 0 Å². The van der Waals surface area contributed by atoms with Crippen molar-refractivity contribution in [3.63, 3.8) is 0 Å². The van der Waals surface area contributed by atoms with Gasteiger partial charge < -0.3 is 29.0 Å². The molecule has 5 rings (SSSR count). The molecule has 2 fully saturated rings. The molecular weight excluding hydrogens is 410 g/mol. The molecule has 0 amide bonds. The summed E-state index contributed by atoms with van der Waals surface area (Å²) in [6, 6.07) is 6.25. The molecule has 1 aromatic carbocycles. The Labute approximate surface area is 188 Å². The van der Waals surface area contributed by atoms with E-state index in [1.54, 1.807) is 0 Å². The monoisotopic (exact) mass is 441 g/mol. The summed E-state index contributed by atoms with van der Waals surface area (Å²) in [7, 11) is 0. The first-order chi connectivity index (χ1) is 15.7. The van der Waals surface area contributed by atoms with Crippen molar-refractivity contribution in [2.24, 2.45) is 5.92 Å². The molecule has 32 heavy (non-hydrogen) atoms. The van der Waals surface area contributed by atoms with E-state index in [1.807, 2.05) is 24.4 Å². The van der Waals surface area contributed by atoms with Gasteiger partial charge >= 0.3 is 0 Å². The van der Waals surface area contributed by atoms with Gasteiger partial charge in [0, 0.05) is 12.2 Å². The number of rotatable bonds is 6. The molecule has 1 aromatic heterocycles. The van der Waals surface area contributed by atoms with Crippen LogP contribution in [0.15, 0.2) is 24.4 Å². The summed E-state index contributed by atoms with van der Waals surface area (Å²) >= 11 is 0. The maximum absolute atomic E-state index is 6.15. The van der Waals surface area contributed by atoms with E-state index in [4.69, 9.17) is 28.7 Å². The van der Waals surface area contributed by atoms with Gasteiger partial charge in [-0.05, 0) is 49.3 Å². The minimum atomic E-state index is -0.108. The molecule has 1 saturated heterocycles. The number of hydrogen-bond donors (Lipinski definition) is 1. The number of hydrogen-bond acceptors (Lipinski definition) is 8. The van der Waals surface area contributed by atoms with Gasteiger partial charge in [-0.1, -0.05) is 13.0 Å². The highest BCUT2D eigenvalue weighted by molar-refractivity contribution is 5.71. The van der Waals surface area contributed by atoms with Crippen LogP contribution >= 0.6 is 0 Å². The first-order valence-corrected chi connectivity index (χ1v) is 11.6. The Hall–Kier alpha value is -2.58. The number of anilines is 1. The SMILES string of the molecule is C[C@H]1CC[C@H](Nc2ncc(-c3ccc4c(c3)OCCO4)c(OC[C@H]3COCCO3)n2)CC1. The predicted molar refractivity (Wildman–Crippen MR) is 120 cm³/mol. The predicted octanol–water partition coefficient (Wildman–Crippen LogP) is 3.70. The minimum Gasteiger partial charge on any atom is -0.486 e. The summed E-state index contributed by atoms with van der Waals surface area (Å²) in [6.07, 6.45) is 6.45. The topological polar surface area (TPSA) is 84.0 Å². The summed E-state index contributed by atoms with van der Waals surface area (Å²) in [6.45, 7) is 5.52. The van der Waals surface area contributed by atoms with E-state index in [1.165, 1.54) is 12.8 Å². The molecule has 172 valence electrons. The van der Waals surface area contributed by atoms with Crippen LogP contribution in [0.4, 0.5) is 5.95 Å². The summed E-state index contributed by atoms with van der Waals surface area (Å²) in [5.74, 6) is 3.39. The van der Waals surface area contributed by atoms with E-state index in [-0.39, 0.29) is 6.10 Å². The van der Waals surface area contributed by atoms with Crippen LogP contribution < -0.4 is 19.5 Å². The van der Waals surface area contributed by atoms with E-state index in [0.717, 1.165) is 41.4 Å². The third-order valence-electron chi connectivity index (χ3n) is 6.25. The van der Waals surface area contributed by atoms with Gasteiger partial charge in [-0.15, -0.1) is 0 Å². The number of aromatic nitrogens is 2. The summed E-state index contributed by atoms with van der Waals surface area (Å²) < 4.78 is 28.8. The lowest BCUT2D eigenvalue weighted by atomic mass is 9.87. The number of nitrogens with zero attached hydrogens (tertiary/aromatic N) is 2. The first kappa shape index (κ1) is 21.3. The Balaban J connectivity index is 1.38. The van der Waals surface area contributed by atoms with E-state index >= 15 is 0 Å². The molecule has 0 spiro atoms. The second-order valence-electron chi connectivity index (χ2n) is 8.75. The molecule has 8 heteroatoms. The average molecular weight is 442 g/mol. The molecule has 0 unspecified atom stereocenters. The van der Waals surface area contributed by atoms with Gasteiger partial charge in [0.1, 0.15) is 25.9 Å². The largest absolute Gasteiger partial charge is 0.486 e. The fraction of sp³-hybridized carbons (Fsp3) is 0.583. The molecule has 1 N–H and O–H groups in total. The minimum absolute atomic E-state index is 0.108. The fourth-order valence-corrected chi connectivity index (χ4v) is 4.35. The van der Waals surface area contributed by atoms with Crippen molar-refractivity contribution >= 4 is 5.95 Å². The van der Waals surface area contributed by atoms with Gasteiger partial charge in [-0.25, -0.2) is 4.98 Å². The smallest absolute Gasteiger partial charge is 0.226 e. The Morgan fingerprint density at radius 2 is 1.88 bits per heavy atom. The third kappa shape index (κ3) is 5.07. The number of nitrogens with one attached hydrogen (secondary N) is 1. The molecule has 8 nitrogen and oxygen atoms in total. The summed E-state index contributed by atoms with van der Waals surface area (Å²) in [4.78, 5) is 9.35. The highest BCUT2D eigenvalue weighted by Crippen LogP contribution is 2.37. The number of benzene rings is 1. The molecule has 3 aliphatic rings. The van der Waals surface area contributed by atoms with Crippen molar-refractivity contribution in [1.82, 2.24) is 9.97 Å². The maximum Gasteiger partial charge on any atom is 0.226 e. The van der Waals surface area contributed by atoms with Crippen LogP contribution in [0.25, 0.3) is 11.1 Å². The molecule has 2 aliphatic heterocycles. The van der Waals surface area contributed by atoms with Gasteiger partial charge in [0.2, 0.25) is 11.8 Å². The molecule has 3 heterocycles. The van der Waals surface area contributed by atoms with Crippen LogP contribution in [0, 0.1) is 5.92 Å². The van der Waals surface area contributed by atoms with Crippen molar-refractivity contribution in [3.8, 4) is 28.5 Å². The van der Waals surface area contributed by atoms with Crippen molar-refractivity contribution < 1.29 is 23.7 Å². The second-order valence-corrected chi connectivity index (χ2v) is 8.75. The van der Waals surface area contributed by atoms with Crippen LogP contribution in [0.3, 0.4) is 0 Å². The molecule has 0 bridgehead atoms. The van der Waals surface area contributed by atoms with Crippen LogP contribution in [-0.2, 0) is 9.47 Å².